The van der Waals surface area contributed by atoms with Gasteiger partial charge in [-0.1, -0.05) is 23.7 Å². The molecule has 24 heavy (non-hydrogen) atoms. The summed E-state index contributed by atoms with van der Waals surface area (Å²) in [6, 6.07) is 14.5. The molecule has 0 spiro atoms. The number of benzene rings is 2. The molecule has 5 heteroatoms. The first-order valence-electron chi connectivity index (χ1n) is 8.21. The predicted molar refractivity (Wildman–Crippen MR) is 105 cm³/mol. The molecule has 0 aromatic heterocycles. The second-order valence-electron chi connectivity index (χ2n) is 6.02. The smallest absolute Gasteiger partial charge is 0.135 e. The highest BCUT2D eigenvalue weighted by Gasteiger charge is 2.17. The highest BCUT2D eigenvalue weighted by Crippen LogP contribution is 2.30. The molecule has 2 aromatic rings. The minimum atomic E-state index is 0.803. The number of nitrogens with zero attached hydrogens (tertiary/aromatic N) is 2. The van der Waals surface area contributed by atoms with E-state index in [1.54, 1.807) is 7.11 Å². The highest BCUT2D eigenvalue weighted by atomic mass is 79.9. The zero-order valence-electron chi connectivity index (χ0n) is 13.8. The number of hydrogen-bond donors (Lipinski definition) is 0. The summed E-state index contributed by atoms with van der Waals surface area (Å²) in [7, 11) is 1.71. The Balaban J connectivity index is 1.51. The molecule has 1 aliphatic rings. The lowest BCUT2D eigenvalue weighted by Crippen LogP contribution is -2.47. The Kier molecular flexibility index (Phi) is 6.04. The van der Waals surface area contributed by atoms with Crippen LogP contribution < -0.4 is 9.64 Å². The number of halogens is 2. The summed E-state index contributed by atoms with van der Waals surface area (Å²) in [5.41, 5.74) is 2.58. The summed E-state index contributed by atoms with van der Waals surface area (Å²) in [6.07, 6.45) is 1.07. The van der Waals surface area contributed by atoms with Crippen molar-refractivity contribution in [3.8, 4) is 5.75 Å². The van der Waals surface area contributed by atoms with Crippen LogP contribution in [-0.2, 0) is 6.42 Å². The van der Waals surface area contributed by atoms with Gasteiger partial charge in [0.1, 0.15) is 5.75 Å². The molecule has 0 atom stereocenters. The number of rotatable bonds is 5. The van der Waals surface area contributed by atoms with Crippen LogP contribution in [0.3, 0.4) is 0 Å². The molecule has 3 nitrogen and oxygen atoms in total. The van der Waals surface area contributed by atoms with E-state index in [0.29, 0.717) is 0 Å². The van der Waals surface area contributed by atoms with Crippen LogP contribution in [0.1, 0.15) is 5.56 Å². The molecule has 1 saturated heterocycles. The van der Waals surface area contributed by atoms with Gasteiger partial charge in [-0.15, -0.1) is 0 Å². The van der Waals surface area contributed by atoms with Crippen molar-refractivity contribution in [3.63, 3.8) is 0 Å². The van der Waals surface area contributed by atoms with Crippen molar-refractivity contribution in [2.24, 2.45) is 0 Å². The molecule has 0 aliphatic carbocycles. The Labute approximate surface area is 157 Å². The van der Waals surface area contributed by atoms with Gasteiger partial charge in [0.2, 0.25) is 0 Å². The summed E-state index contributed by atoms with van der Waals surface area (Å²) < 4.78 is 6.40. The SMILES string of the molecule is COc1cc(N2CCN(CCc3ccc(Cl)cc3)CC2)ccc1Br. The van der Waals surface area contributed by atoms with Crippen molar-refractivity contribution in [3.05, 3.63) is 57.5 Å². The van der Waals surface area contributed by atoms with E-state index in [1.807, 2.05) is 12.1 Å². The summed E-state index contributed by atoms with van der Waals surface area (Å²) in [5, 5.41) is 0.803. The molecule has 1 aliphatic heterocycles. The molecule has 0 radical (unpaired) electrons. The maximum Gasteiger partial charge on any atom is 0.135 e. The number of anilines is 1. The van der Waals surface area contributed by atoms with Gasteiger partial charge in [0.25, 0.3) is 0 Å². The summed E-state index contributed by atoms with van der Waals surface area (Å²) >= 11 is 9.45. The monoisotopic (exact) mass is 408 g/mol. The normalized spacial score (nSPS) is 15.5. The summed E-state index contributed by atoms with van der Waals surface area (Å²) in [6.45, 7) is 5.37. The van der Waals surface area contributed by atoms with Gasteiger partial charge in [-0.3, -0.25) is 4.90 Å². The first-order valence-corrected chi connectivity index (χ1v) is 9.38. The molecular weight excluding hydrogens is 388 g/mol. The van der Waals surface area contributed by atoms with Crippen molar-refractivity contribution < 1.29 is 4.74 Å². The molecule has 0 saturated carbocycles. The fourth-order valence-electron chi connectivity index (χ4n) is 3.01. The van der Waals surface area contributed by atoms with Gasteiger partial charge in [0.15, 0.2) is 0 Å². The van der Waals surface area contributed by atoms with Crippen LogP contribution in [0, 0.1) is 0 Å². The number of hydrogen-bond acceptors (Lipinski definition) is 3. The first-order chi connectivity index (χ1) is 11.7. The number of piperazine rings is 1. The zero-order chi connectivity index (χ0) is 16.9. The van der Waals surface area contributed by atoms with Crippen LogP contribution in [0.2, 0.25) is 5.02 Å². The maximum absolute atomic E-state index is 5.94. The van der Waals surface area contributed by atoms with Gasteiger partial charge in [-0.25, -0.2) is 0 Å². The van der Waals surface area contributed by atoms with Crippen LogP contribution >= 0.6 is 27.5 Å². The molecule has 2 aromatic carbocycles. The molecule has 1 heterocycles. The molecule has 0 amide bonds. The molecule has 3 rings (SSSR count). The van der Waals surface area contributed by atoms with Gasteiger partial charge in [0.05, 0.1) is 11.6 Å². The Morgan fingerprint density at radius 1 is 1.04 bits per heavy atom. The molecular formula is C19H22BrClN2O. The van der Waals surface area contributed by atoms with E-state index < -0.39 is 0 Å². The van der Waals surface area contributed by atoms with Crippen LogP contribution in [0.4, 0.5) is 5.69 Å². The van der Waals surface area contributed by atoms with E-state index in [0.717, 1.165) is 54.4 Å². The van der Waals surface area contributed by atoms with Crippen molar-refractivity contribution in [2.75, 3.05) is 44.7 Å². The minimum Gasteiger partial charge on any atom is -0.495 e. The fourth-order valence-corrected chi connectivity index (χ4v) is 3.55. The zero-order valence-corrected chi connectivity index (χ0v) is 16.2. The van der Waals surface area contributed by atoms with Crippen LogP contribution in [0.25, 0.3) is 0 Å². The lowest BCUT2D eigenvalue weighted by molar-refractivity contribution is 0.261. The van der Waals surface area contributed by atoms with Crippen LogP contribution in [-0.4, -0.2) is 44.7 Å². The average molecular weight is 410 g/mol. The summed E-state index contributed by atoms with van der Waals surface area (Å²) in [5.74, 6) is 0.887. The largest absolute Gasteiger partial charge is 0.495 e. The average Bonchev–Trinajstić information content (AvgIpc) is 2.62. The van der Waals surface area contributed by atoms with E-state index in [9.17, 15) is 0 Å². The fraction of sp³-hybridized carbons (Fsp3) is 0.368. The third kappa shape index (κ3) is 4.44. The second kappa shape index (κ2) is 8.24. The Hall–Kier alpha value is -1.23. The van der Waals surface area contributed by atoms with E-state index >= 15 is 0 Å². The van der Waals surface area contributed by atoms with Gasteiger partial charge in [-0.2, -0.15) is 0 Å². The highest BCUT2D eigenvalue weighted by molar-refractivity contribution is 9.10. The van der Waals surface area contributed by atoms with E-state index in [-0.39, 0.29) is 0 Å². The molecule has 0 unspecified atom stereocenters. The topological polar surface area (TPSA) is 15.7 Å². The van der Waals surface area contributed by atoms with Gasteiger partial charge in [0, 0.05) is 49.5 Å². The number of methoxy groups -OCH3 is 1. The lowest BCUT2D eigenvalue weighted by Gasteiger charge is -2.36. The quantitative estimate of drug-likeness (QED) is 0.724. The van der Waals surface area contributed by atoms with Crippen molar-refractivity contribution in [1.82, 2.24) is 4.90 Å². The Morgan fingerprint density at radius 2 is 1.75 bits per heavy atom. The second-order valence-corrected chi connectivity index (χ2v) is 7.31. The molecule has 0 N–H and O–H groups in total. The van der Waals surface area contributed by atoms with Crippen molar-refractivity contribution in [2.45, 2.75) is 6.42 Å². The van der Waals surface area contributed by atoms with Gasteiger partial charge >= 0.3 is 0 Å². The molecule has 0 bridgehead atoms. The van der Waals surface area contributed by atoms with Crippen molar-refractivity contribution in [1.29, 1.82) is 0 Å². The molecule has 128 valence electrons. The lowest BCUT2D eigenvalue weighted by atomic mass is 10.1. The maximum atomic E-state index is 5.94. The van der Waals surface area contributed by atoms with Crippen LogP contribution in [0.15, 0.2) is 46.9 Å². The van der Waals surface area contributed by atoms with Gasteiger partial charge in [-0.05, 0) is 52.2 Å². The predicted octanol–water partition coefficient (Wildman–Crippen LogP) is 4.48. The van der Waals surface area contributed by atoms with E-state index in [1.165, 1.54) is 11.3 Å². The number of ether oxygens (including phenoxy) is 1. The third-order valence-electron chi connectivity index (χ3n) is 4.50. The summed E-state index contributed by atoms with van der Waals surface area (Å²) in [4.78, 5) is 4.95. The van der Waals surface area contributed by atoms with E-state index in [2.05, 4.69) is 56.1 Å². The minimum absolute atomic E-state index is 0.803. The van der Waals surface area contributed by atoms with Crippen molar-refractivity contribution >= 4 is 33.2 Å². The Morgan fingerprint density at radius 3 is 2.42 bits per heavy atom. The standard InChI is InChI=1S/C19H22BrClN2O/c1-24-19-14-17(6-7-18(19)20)23-12-10-22(11-13-23)9-8-15-2-4-16(21)5-3-15/h2-7,14H,8-13H2,1H3. The van der Waals surface area contributed by atoms with Crippen LogP contribution in [0.5, 0.6) is 5.75 Å². The van der Waals surface area contributed by atoms with Gasteiger partial charge < -0.3 is 9.64 Å². The molecule has 1 fully saturated rings. The third-order valence-corrected chi connectivity index (χ3v) is 5.41. The Bertz CT molecular complexity index is 670. The van der Waals surface area contributed by atoms with E-state index in [4.69, 9.17) is 16.3 Å². The first kappa shape index (κ1) is 17.6.